The van der Waals surface area contributed by atoms with Gasteiger partial charge in [0, 0.05) is 0 Å². The summed E-state index contributed by atoms with van der Waals surface area (Å²) in [5, 5.41) is 114. The van der Waals surface area contributed by atoms with Gasteiger partial charge in [0.05, 0.1) is 30.8 Å². The Kier molecular flexibility index (Phi) is 11.9. The van der Waals surface area contributed by atoms with Gasteiger partial charge in [0.2, 0.25) is 6.29 Å². The molecule has 7 aliphatic rings. The molecule has 7 rings (SSSR count). The van der Waals surface area contributed by atoms with Crippen LogP contribution < -0.4 is 0 Å². The molecule has 1 spiro atoms. The van der Waals surface area contributed by atoms with Gasteiger partial charge < -0.3 is 84.6 Å². The van der Waals surface area contributed by atoms with E-state index in [4.69, 9.17) is 28.4 Å². The van der Waals surface area contributed by atoms with Crippen molar-refractivity contribution < 1.29 is 89.4 Å². The van der Waals surface area contributed by atoms with Crippen molar-refractivity contribution in [2.24, 2.45) is 28.1 Å². The summed E-state index contributed by atoms with van der Waals surface area (Å²) in [5.74, 6) is -0.591. The van der Waals surface area contributed by atoms with Crippen LogP contribution in [0.4, 0.5) is 0 Å². The van der Waals surface area contributed by atoms with Gasteiger partial charge in [-0.1, -0.05) is 19.9 Å². The summed E-state index contributed by atoms with van der Waals surface area (Å²) in [5.41, 5.74) is -1.80. The molecule has 2 bridgehead atoms. The van der Waals surface area contributed by atoms with E-state index in [2.05, 4.69) is 13.5 Å². The van der Waals surface area contributed by atoms with Crippen molar-refractivity contribution in [3.8, 4) is 0 Å². The minimum Gasteiger partial charge on any atom is -0.432 e. The molecular formula is C38H60O18. The average Bonchev–Trinajstić information content (AvgIpc) is 3.37. The Morgan fingerprint density at radius 1 is 0.679 bits per heavy atom. The standard InChI is InChI=1S/C38H60O18/c1-16-11-37-9-5-20-35(2,7-4-8-36(20,3)34(50)55-32-29(49)26(46)23(43)18(13-40)52-32)21(37)6-10-38(16,15-37)56-33-30(27(47)24(44)19(14-41)53-33)54-31-28(48)25(45)22(42)17(12-39)51-31/h17-33,39-49H,1,4-15H2,2-3H3/t17?,18?,19?,20-,21-,22?,23?,24?,25?,26?,27?,28?,29?,30?,31?,32?,33?,35+,36-,37+,38-/m1/s1. The van der Waals surface area contributed by atoms with Crippen LogP contribution in [0.2, 0.25) is 0 Å². The molecule has 0 aromatic heterocycles. The molecule has 0 radical (unpaired) electrons. The number of rotatable bonds is 9. The van der Waals surface area contributed by atoms with Crippen LogP contribution in [-0.4, -0.2) is 180 Å². The monoisotopic (exact) mass is 804 g/mol. The maximum absolute atomic E-state index is 14.1. The van der Waals surface area contributed by atoms with E-state index in [-0.39, 0.29) is 22.7 Å². The van der Waals surface area contributed by atoms with E-state index in [9.17, 15) is 61.0 Å². The zero-order valence-corrected chi connectivity index (χ0v) is 31.8. The second-order valence-electron chi connectivity index (χ2n) is 18.0. The molecule has 3 heterocycles. The van der Waals surface area contributed by atoms with Crippen LogP contribution in [0.5, 0.6) is 0 Å². The molecule has 3 saturated heterocycles. The quantitative estimate of drug-likeness (QED) is 0.0631. The minimum atomic E-state index is -1.81. The van der Waals surface area contributed by atoms with Crippen LogP contribution in [0.25, 0.3) is 0 Å². The first kappa shape index (κ1) is 42.7. The first-order valence-electron chi connectivity index (χ1n) is 19.9. The molecule has 0 amide bonds. The van der Waals surface area contributed by atoms with E-state index in [0.29, 0.717) is 44.9 Å². The predicted octanol–water partition coefficient (Wildman–Crippen LogP) is -2.94. The summed E-state index contributed by atoms with van der Waals surface area (Å²) < 4.78 is 35.6. The fraction of sp³-hybridized carbons (Fsp3) is 0.921. The van der Waals surface area contributed by atoms with Crippen LogP contribution in [0.15, 0.2) is 12.2 Å². The Morgan fingerprint density at radius 3 is 1.82 bits per heavy atom. The van der Waals surface area contributed by atoms with Gasteiger partial charge in [-0.3, -0.25) is 4.79 Å². The summed E-state index contributed by atoms with van der Waals surface area (Å²) >= 11 is 0. The maximum atomic E-state index is 14.1. The highest BCUT2D eigenvalue weighted by molar-refractivity contribution is 5.77. The van der Waals surface area contributed by atoms with Gasteiger partial charge in [-0.15, -0.1) is 0 Å². The maximum Gasteiger partial charge on any atom is 0.314 e. The van der Waals surface area contributed by atoms with Crippen molar-refractivity contribution in [3.63, 3.8) is 0 Å². The molecule has 3 aliphatic heterocycles. The van der Waals surface area contributed by atoms with Crippen molar-refractivity contribution in [1.29, 1.82) is 0 Å². The molecule has 0 aromatic carbocycles. The second-order valence-corrected chi connectivity index (χ2v) is 18.0. The highest BCUT2D eigenvalue weighted by Crippen LogP contribution is 2.73. The highest BCUT2D eigenvalue weighted by atomic mass is 16.8. The topological polar surface area (TPSA) is 295 Å². The lowest BCUT2D eigenvalue weighted by molar-refractivity contribution is -0.378. The Balaban J connectivity index is 1.10. The van der Waals surface area contributed by atoms with E-state index >= 15 is 0 Å². The summed E-state index contributed by atoms with van der Waals surface area (Å²) in [6.07, 6.45) is -17.8. The first-order valence-corrected chi connectivity index (χ1v) is 19.9. The van der Waals surface area contributed by atoms with Crippen molar-refractivity contribution in [3.05, 3.63) is 12.2 Å². The molecule has 4 saturated carbocycles. The third-order valence-electron chi connectivity index (χ3n) is 15.0. The third-order valence-corrected chi connectivity index (χ3v) is 15.0. The zero-order chi connectivity index (χ0) is 40.7. The number of esters is 1. The van der Waals surface area contributed by atoms with E-state index in [1.165, 1.54) is 0 Å². The van der Waals surface area contributed by atoms with Gasteiger partial charge >= 0.3 is 5.97 Å². The van der Waals surface area contributed by atoms with Gasteiger partial charge in [0.25, 0.3) is 0 Å². The molecule has 18 nitrogen and oxygen atoms in total. The van der Waals surface area contributed by atoms with Crippen molar-refractivity contribution in [1.82, 2.24) is 0 Å². The zero-order valence-electron chi connectivity index (χ0n) is 31.8. The first-order chi connectivity index (χ1) is 26.4. The van der Waals surface area contributed by atoms with Crippen LogP contribution in [0, 0.1) is 28.1 Å². The summed E-state index contributed by atoms with van der Waals surface area (Å²) in [4.78, 5) is 14.1. The van der Waals surface area contributed by atoms with E-state index < -0.39 is 129 Å². The lowest BCUT2D eigenvalue weighted by Crippen LogP contribution is -2.65. The Bertz CT molecular complexity index is 1450. The number of hydrogen-bond donors (Lipinski definition) is 11. The molecule has 56 heavy (non-hydrogen) atoms. The molecule has 11 N–H and O–H groups in total. The average molecular weight is 805 g/mol. The van der Waals surface area contributed by atoms with Gasteiger partial charge in [0.15, 0.2) is 12.6 Å². The Labute approximate surface area is 324 Å². The number of carbonyl (C=O) groups excluding carboxylic acids is 1. The largest absolute Gasteiger partial charge is 0.432 e. The molecule has 15 unspecified atom stereocenters. The van der Waals surface area contributed by atoms with E-state index in [0.717, 1.165) is 18.4 Å². The number of ether oxygens (including phenoxy) is 6. The van der Waals surface area contributed by atoms with Crippen LogP contribution in [0.3, 0.4) is 0 Å². The molecule has 0 aromatic rings. The number of fused-ring (bicyclic) bond motifs is 3. The third kappa shape index (κ3) is 6.69. The molecule has 18 heteroatoms. The molecule has 320 valence electrons. The van der Waals surface area contributed by atoms with Crippen LogP contribution >= 0.6 is 0 Å². The lowest BCUT2D eigenvalue weighted by Gasteiger charge is -2.64. The van der Waals surface area contributed by atoms with Crippen LogP contribution in [-0.2, 0) is 33.2 Å². The predicted molar refractivity (Wildman–Crippen MR) is 186 cm³/mol. The van der Waals surface area contributed by atoms with Crippen molar-refractivity contribution in [2.45, 2.75) is 169 Å². The van der Waals surface area contributed by atoms with Gasteiger partial charge in [-0.25, -0.2) is 0 Å². The smallest absolute Gasteiger partial charge is 0.314 e. The van der Waals surface area contributed by atoms with E-state index in [1.807, 2.05) is 6.92 Å². The Morgan fingerprint density at radius 2 is 1.21 bits per heavy atom. The summed E-state index contributed by atoms with van der Waals surface area (Å²) in [6, 6.07) is 0. The molecule has 21 atom stereocenters. The number of aliphatic hydroxyl groups is 11. The van der Waals surface area contributed by atoms with Crippen molar-refractivity contribution >= 4 is 5.97 Å². The van der Waals surface area contributed by atoms with Crippen molar-refractivity contribution in [2.75, 3.05) is 19.8 Å². The van der Waals surface area contributed by atoms with Gasteiger partial charge in [-0.05, 0) is 86.5 Å². The SMILES string of the molecule is C=C1C[C@]23CC[C@@H]4[C@](C)(CCC[C@@]4(C)C(=O)OC4OC(CO)C(O)C(O)C4O)[C@H]2CC[C@@]1(OC1OC(CO)C(O)C(O)C1OC1OC(CO)C(O)C(O)C1O)C3. The minimum absolute atomic E-state index is 0.121. The Hall–Kier alpha value is -1.43. The van der Waals surface area contributed by atoms with Gasteiger partial charge in [-0.2, -0.15) is 0 Å². The number of aliphatic hydroxyl groups excluding tert-OH is 11. The molecule has 7 fully saturated rings. The summed E-state index contributed by atoms with van der Waals surface area (Å²) in [7, 11) is 0. The highest BCUT2D eigenvalue weighted by Gasteiger charge is 2.69. The molecule has 4 aliphatic carbocycles. The summed E-state index contributed by atoms with van der Waals surface area (Å²) in [6.45, 7) is 6.52. The van der Waals surface area contributed by atoms with Crippen LogP contribution in [0.1, 0.15) is 71.6 Å². The van der Waals surface area contributed by atoms with Gasteiger partial charge in [0.1, 0.15) is 73.2 Å². The second kappa shape index (κ2) is 15.6. The fourth-order valence-corrected chi connectivity index (χ4v) is 12.0. The number of carbonyl (C=O) groups is 1. The normalized spacial score (nSPS) is 54.6. The molecular weight excluding hydrogens is 744 g/mol. The number of hydrogen-bond acceptors (Lipinski definition) is 18. The lowest BCUT2D eigenvalue weighted by atomic mass is 9.41. The fourth-order valence-electron chi connectivity index (χ4n) is 12.0. The van der Waals surface area contributed by atoms with E-state index in [1.54, 1.807) is 0 Å².